The number of carbonyl (C=O) groups is 2. The van der Waals surface area contributed by atoms with Crippen molar-refractivity contribution in [2.45, 2.75) is 32.0 Å². The molecule has 1 amide bonds. The van der Waals surface area contributed by atoms with Crippen molar-refractivity contribution >= 4 is 17.6 Å². The van der Waals surface area contributed by atoms with Crippen LogP contribution in [0.2, 0.25) is 0 Å². The first-order valence-electron chi connectivity index (χ1n) is 6.90. The molecule has 21 heavy (non-hydrogen) atoms. The highest BCUT2D eigenvalue weighted by molar-refractivity contribution is 5.96. The van der Waals surface area contributed by atoms with E-state index in [0.29, 0.717) is 24.1 Å². The molecule has 1 N–H and O–H groups in total. The van der Waals surface area contributed by atoms with Gasteiger partial charge in [0.05, 0.1) is 18.1 Å². The molecular weight excluding hydrogens is 277 g/mol. The van der Waals surface area contributed by atoms with Crippen LogP contribution in [0.25, 0.3) is 0 Å². The number of anilines is 1. The van der Waals surface area contributed by atoms with E-state index in [1.807, 2.05) is 0 Å². The van der Waals surface area contributed by atoms with Gasteiger partial charge in [-0.3, -0.25) is 4.79 Å². The molecule has 2 bridgehead atoms. The number of amides is 1. The number of rotatable bonds is 3. The fraction of sp³-hybridized carbons (Fsp3) is 0.467. The average molecular weight is 292 g/mol. The van der Waals surface area contributed by atoms with Crippen LogP contribution in [0.5, 0.6) is 0 Å². The zero-order chi connectivity index (χ0) is 15.1. The maximum Gasteiger partial charge on any atom is 0.230 e. The lowest BCUT2D eigenvalue weighted by atomic mass is 9.78. The quantitative estimate of drug-likeness (QED) is 0.885. The van der Waals surface area contributed by atoms with Gasteiger partial charge in [0, 0.05) is 17.6 Å². The second kappa shape index (κ2) is 5.11. The number of benzene rings is 1. The van der Waals surface area contributed by atoms with E-state index < -0.39 is 41.7 Å². The van der Waals surface area contributed by atoms with Crippen molar-refractivity contribution in [3.63, 3.8) is 0 Å². The summed E-state index contributed by atoms with van der Waals surface area (Å²) in [6.45, 7) is 1.74. The van der Waals surface area contributed by atoms with E-state index in [0.717, 1.165) is 0 Å². The Hall–Kier alpha value is -1.95. The Labute approximate surface area is 121 Å². The maximum absolute atomic E-state index is 13.2. The number of ether oxygens (including phenoxy) is 1. The standard InChI is InChI=1S/C15H16FNO4/c1-7-2-3-8(16)6-9(7)17-14(18)12-10-4-5-11(21-10)13(12)15(19)20/h2-3,6,10-13H,4-5H2,1H3,(H,17,18)(H,19,20)/p-1/t10-,11+,12-,13-/m0/s1. The lowest BCUT2D eigenvalue weighted by Gasteiger charge is -2.27. The van der Waals surface area contributed by atoms with Crippen molar-refractivity contribution in [3.8, 4) is 0 Å². The van der Waals surface area contributed by atoms with E-state index in [1.54, 1.807) is 13.0 Å². The molecule has 0 aromatic heterocycles. The highest BCUT2D eigenvalue weighted by Crippen LogP contribution is 2.43. The molecule has 1 aromatic rings. The molecule has 0 unspecified atom stereocenters. The van der Waals surface area contributed by atoms with Crippen LogP contribution in [-0.4, -0.2) is 24.1 Å². The maximum atomic E-state index is 13.2. The predicted molar refractivity (Wildman–Crippen MR) is 69.6 cm³/mol. The number of hydrogen-bond donors (Lipinski definition) is 1. The lowest BCUT2D eigenvalue weighted by molar-refractivity contribution is -0.313. The Morgan fingerprint density at radius 2 is 1.95 bits per heavy atom. The first kappa shape index (κ1) is 14.0. The Balaban J connectivity index is 1.81. The van der Waals surface area contributed by atoms with Gasteiger partial charge in [-0.25, -0.2) is 4.39 Å². The highest BCUT2D eigenvalue weighted by atomic mass is 19.1. The third-order valence-electron chi connectivity index (χ3n) is 4.31. The molecule has 3 rings (SSSR count). The van der Waals surface area contributed by atoms with Gasteiger partial charge >= 0.3 is 0 Å². The lowest BCUT2D eigenvalue weighted by Crippen LogP contribution is -2.46. The van der Waals surface area contributed by atoms with Crippen molar-refractivity contribution < 1.29 is 23.8 Å². The number of nitrogens with one attached hydrogen (secondary N) is 1. The van der Waals surface area contributed by atoms with Gasteiger partial charge in [-0.1, -0.05) is 6.07 Å². The molecule has 0 aliphatic carbocycles. The monoisotopic (exact) mass is 292 g/mol. The molecule has 2 fully saturated rings. The second-order valence-corrected chi connectivity index (χ2v) is 5.61. The van der Waals surface area contributed by atoms with Gasteiger partial charge in [0.1, 0.15) is 5.82 Å². The normalized spacial score (nSPS) is 30.4. The van der Waals surface area contributed by atoms with Crippen LogP contribution in [-0.2, 0) is 14.3 Å². The SMILES string of the molecule is Cc1ccc(F)cc1NC(=O)[C@@H]1[C@@H](C(=O)[O-])[C@H]2CC[C@@H]1O2. The summed E-state index contributed by atoms with van der Waals surface area (Å²) in [6.07, 6.45) is 0.442. The van der Waals surface area contributed by atoms with Gasteiger partial charge in [0.25, 0.3) is 0 Å². The molecule has 0 radical (unpaired) electrons. The van der Waals surface area contributed by atoms with Crippen LogP contribution in [0.4, 0.5) is 10.1 Å². The van der Waals surface area contributed by atoms with Crippen molar-refractivity contribution in [1.29, 1.82) is 0 Å². The number of carboxylic acids is 1. The average Bonchev–Trinajstić information content (AvgIpc) is 3.03. The molecule has 6 heteroatoms. The summed E-state index contributed by atoms with van der Waals surface area (Å²) in [5.74, 6) is -3.89. The minimum Gasteiger partial charge on any atom is -0.550 e. The van der Waals surface area contributed by atoms with E-state index in [2.05, 4.69) is 5.32 Å². The van der Waals surface area contributed by atoms with Crippen molar-refractivity contribution in [3.05, 3.63) is 29.6 Å². The van der Waals surface area contributed by atoms with Crippen LogP contribution in [0.15, 0.2) is 18.2 Å². The van der Waals surface area contributed by atoms with Gasteiger partial charge < -0.3 is 20.0 Å². The topological polar surface area (TPSA) is 78.5 Å². The van der Waals surface area contributed by atoms with Crippen molar-refractivity contribution in [2.24, 2.45) is 11.8 Å². The zero-order valence-electron chi connectivity index (χ0n) is 11.5. The van der Waals surface area contributed by atoms with Gasteiger partial charge in [0.2, 0.25) is 5.91 Å². The summed E-state index contributed by atoms with van der Waals surface area (Å²) in [7, 11) is 0. The Morgan fingerprint density at radius 1 is 1.29 bits per heavy atom. The molecule has 4 atom stereocenters. The van der Waals surface area contributed by atoms with Crippen molar-refractivity contribution in [2.75, 3.05) is 5.32 Å². The van der Waals surface area contributed by atoms with E-state index in [9.17, 15) is 19.1 Å². The predicted octanol–water partition coefficient (Wildman–Crippen LogP) is 0.616. The molecule has 112 valence electrons. The summed E-state index contributed by atoms with van der Waals surface area (Å²) in [6, 6.07) is 4.07. The number of carboxylic acid groups (broad SMARTS) is 1. The summed E-state index contributed by atoms with van der Waals surface area (Å²) in [4.78, 5) is 23.6. The largest absolute Gasteiger partial charge is 0.550 e. The van der Waals surface area contributed by atoms with Gasteiger partial charge in [0.15, 0.2) is 0 Å². The molecule has 1 aromatic carbocycles. The summed E-state index contributed by atoms with van der Waals surface area (Å²) in [5, 5.41) is 13.9. The Kier molecular flexibility index (Phi) is 3.41. The van der Waals surface area contributed by atoms with Gasteiger partial charge in [-0.2, -0.15) is 0 Å². The number of halogens is 1. The second-order valence-electron chi connectivity index (χ2n) is 5.61. The third kappa shape index (κ3) is 2.40. The zero-order valence-corrected chi connectivity index (χ0v) is 11.5. The third-order valence-corrected chi connectivity index (χ3v) is 4.31. The number of aryl methyl sites for hydroxylation is 1. The number of hydrogen-bond acceptors (Lipinski definition) is 4. The first-order chi connectivity index (χ1) is 9.97. The Bertz CT molecular complexity index is 603. The van der Waals surface area contributed by atoms with Crippen LogP contribution in [0.3, 0.4) is 0 Å². The van der Waals surface area contributed by atoms with Crippen LogP contribution < -0.4 is 10.4 Å². The fourth-order valence-corrected chi connectivity index (χ4v) is 3.26. The minimum absolute atomic E-state index is 0.347. The number of fused-ring (bicyclic) bond motifs is 2. The van der Waals surface area contributed by atoms with Gasteiger partial charge in [-0.05, 0) is 37.5 Å². The van der Waals surface area contributed by atoms with E-state index in [4.69, 9.17) is 4.74 Å². The fourth-order valence-electron chi connectivity index (χ4n) is 3.26. The molecule has 2 aliphatic rings. The summed E-state index contributed by atoms with van der Waals surface area (Å²) in [5.41, 5.74) is 1.05. The molecule has 2 heterocycles. The van der Waals surface area contributed by atoms with E-state index >= 15 is 0 Å². The van der Waals surface area contributed by atoms with Crippen LogP contribution in [0.1, 0.15) is 18.4 Å². The van der Waals surface area contributed by atoms with Crippen LogP contribution >= 0.6 is 0 Å². The number of aliphatic carboxylic acids is 1. The molecule has 5 nitrogen and oxygen atoms in total. The number of carbonyl (C=O) groups excluding carboxylic acids is 2. The summed E-state index contributed by atoms with van der Waals surface area (Å²) >= 11 is 0. The molecular formula is C15H15FNO4-. The minimum atomic E-state index is -1.27. The van der Waals surface area contributed by atoms with E-state index in [1.165, 1.54) is 12.1 Å². The molecule has 0 saturated carbocycles. The molecule has 2 saturated heterocycles. The Morgan fingerprint density at radius 3 is 2.62 bits per heavy atom. The van der Waals surface area contributed by atoms with Crippen LogP contribution in [0, 0.1) is 24.6 Å². The summed E-state index contributed by atoms with van der Waals surface area (Å²) < 4.78 is 18.8. The van der Waals surface area contributed by atoms with Crippen molar-refractivity contribution in [1.82, 2.24) is 0 Å². The molecule has 0 spiro atoms. The smallest absolute Gasteiger partial charge is 0.230 e. The van der Waals surface area contributed by atoms with E-state index in [-0.39, 0.29) is 0 Å². The highest BCUT2D eigenvalue weighted by Gasteiger charge is 2.52. The first-order valence-corrected chi connectivity index (χ1v) is 6.90. The van der Waals surface area contributed by atoms with Gasteiger partial charge in [-0.15, -0.1) is 0 Å². The molecule has 2 aliphatic heterocycles.